The molecule has 0 saturated carbocycles. The molecule has 23 heavy (non-hydrogen) atoms. The first kappa shape index (κ1) is 13.8. The Hall–Kier alpha value is -2.89. The summed E-state index contributed by atoms with van der Waals surface area (Å²) in [5.41, 5.74) is 3.25. The first-order chi connectivity index (χ1) is 11.2. The minimum Gasteiger partial charge on any atom is -0.309 e. The summed E-state index contributed by atoms with van der Waals surface area (Å²) in [6.45, 7) is 0.682. The lowest BCUT2D eigenvalue weighted by atomic mass is 9.91. The molecule has 2 aromatic heterocycles. The number of fused-ring (bicyclic) bond motifs is 1. The van der Waals surface area contributed by atoms with Crippen molar-refractivity contribution >= 4 is 11.7 Å². The van der Waals surface area contributed by atoms with Crippen molar-refractivity contribution < 1.29 is 4.79 Å². The van der Waals surface area contributed by atoms with Crippen LogP contribution < -0.4 is 5.32 Å². The van der Waals surface area contributed by atoms with E-state index in [1.807, 2.05) is 46.9 Å². The average molecular weight is 307 g/mol. The Labute approximate surface area is 133 Å². The molecular formula is C17H17N5O. The van der Waals surface area contributed by atoms with Crippen LogP contribution in [0.2, 0.25) is 0 Å². The number of anilines is 1. The Balaban J connectivity index is 1.70. The van der Waals surface area contributed by atoms with E-state index in [2.05, 4.69) is 27.6 Å². The number of hydrogen-bond acceptors (Lipinski definition) is 3. The lowest BCUT2D eigenvalue weighted by Crippen LogP contribution is -2.24. The maximum Gasteiger partial charge on any atom is 0.226 e. The molecule has 1 unspecified atom stereocenters. The van der Waals surface area contributed by atoms with Gasteiger partial charge < -0.3 is 5.32 Å². The summed E-state index contributed by atoms with van der Waals surface area (Å²) in [5, 5.41) is 11.6. The SMILES string of the molecule is Cn1nccc1C1CC(=O)Nc2nn(Cc3ccccc3)cc21. The molecule has 3 heterocycles. The molecule has 1 N–H and O–H groups in total. The van der Waals surface area contributed by atoms with Gasteiger partial charge in [0.05, 0.1) is 6.54 Å². The Morgan fingerprint density at radius 2 is 2.09 bits per heavy atom. The maximum absolute atomic E-state index is 12.0. The van der Waals surface area contributed by atoms with E-state index < -0.39 is 0 Å². The van der Waals surface area contributed by atoms with E-state index in [0.29, 0.717) is 18.8 Å². The van der Waals surface area contributed by atoms with Crippen LogP contribution >= 0.6 is 0 Å². The summed E-state index contributed by atoms with van der Waals surface area (Å²) in [6, 6.07) is 12.1. The molecule has 3 aromatic rings. The van der Waals surface area contributed by atoms with Gasteiger partial charge in [0.1, 0.15) is 0 Å². The van der Waals surface area contributed by atoms with Crippen LogP contribution in [-0.2, 0) is 18.4 Å². The van der Waals surface area contributed by atoms with Gasteiger partial charge >= 0.3 is 0 Å². The van der Waals surface area contributed by atoms with E-state index in [0.717, 1.165) is 11.3 Å². The van der Waals surface area contributed by atoms with Crippen molar-refractivity contribution in [1.82, 2.24) is 19.6 Å². The molecule has 0 saturated heterocycles. The van der Waals surface area contributed by atoms with Gasteiger partial charge in [-0.3, -0.25) is 14.2 Å². The predicted molar refractivity (Wildman–Crippen MR) is 86.1 cm³/mol. The Morgan fingerprint density at radius 3 is 2.83 bits per heavy atom. The monoisotopic (exact) mass is 307 g/mol. The number of nitrogens with zero attached hydrogens (tertiary/aromatic N) is 4. The minimum absolute atomic E-state index is 0.00391. The smallest absolute Gasteiger partial charge is 0.226 e. The van der Waals surface area contributed by atoms with E-state index >= 15 is 0 Å². The summed E-state index contributed by atoms with van der Waals surface area (Å²) in [6.07, 6.45) is 4.21. The quantitative estimate of drug-likeness (QED) is 0.806. The molecule has 0 bridgehead atoms. The number of hydrogen-bond donors (Lipinski definition) is 1. The Morgan fingerprint density at radius 1 is 1.26 bits per heavy atom. The van der Waals surface area contributed by atoms with Crippen LogP contribution in [0.1, 0.15) is 29.2 Å². The third kappa shape index (κ3) is 2.52. The molecule has 116 valence electrons. The maximum atomic E-state index is 12.0. The first-order valence-electron chi connectivity index (χ1n) is 7.60. The lowest BCUT2D eigenvalue weighted by Gasteiger charge is -2.21. The zero-order valence-corrected chi connectivity index (χ0v) is 12.8. The Kier molecular flexibility index (Phi) is 3.22. The van der Waals surface area contributed by atoms with E-state index in [1.165, 1.54) is 5.56 Å². The van der Waals surface area contributed by atoms with Gasteiger partial charge in [-0.25, -0.2) is 0 Å². The number of aryl methyl sites for hydroxylation is 1. The predicted octanol–water partition coefficient (Wildman–Crippen LogP) is 2.14. The number of nitrogens with one attached hydrogen (secondary N) is 1. The molecule has 4 rings (SSSR count). The largest absolute Gasteiger partial charge is 0.309 e. The fourth-order valence-electron chi connectivity index (χ4n) is 3.11. The minimum atomic E-state index is -0.00587. The van der Waals surface area contributed by atoms with Crippen molar-refractivity contribution in [3.63, 3.8) is 0 Å². The van der Waals surface area contributed by atoms with Crippen LogP contribution in [0.25, 0.3) is 0 Å². The van der Waals surface area contributed by atoms with Crippen LogP contribution in [0.5, 0.6) is 0 Å². The average Bonchev–Trinajstić information content (AvgIpc) is 3.13. The highest BCUT2D eigenvalue weighted by Gasteiger charge is 2.30. The summed E-state index contributed by atoms with van der Waals surface area (Å²) < 4.78 is 3.70. The number of carbonyl (C=O) groups excluding carboxylic acids is 1. The molecule has 1 aliphatic heterocycles. The van der Waals surface area contributed by atoms with E-state index in [1.54, 1.807) is 6.20 Å². The number of carbonyl (C=O) groups is 1. The van der Waals surface area contributed by atoms with Crippen molar-refractivity contribution in [2.45, 2.75) is 18.9 Å². The summed E-state index contributed by atoms with van der Waals surface area (Å²) in [5.74, 6) is 0.646. The van der Waals surface area contributed by atoms with E-state index in [4.69, 9.17) is 0 Å². The molecule has 1 amide bonds. The topological polar surface area (TPSA) is 64.7 Å². The molecule has 1 aliphatic rings. The van der Waals surface area contributed by atoms with Gasteiger partial charge in [0.2, 0.25) is 5.91 Å². The van der Waals surface area contributed by atoms with Crippen molar-refractivity contribution in [2.24, 2.45) is 7.05 Å². The zero-order chi connectivity index (χ0) is 15.8. The molecule has 0 fully saturated rings. The summed E-state index contributed by atoms with van der Waals surface area (Å²) in [4.78, 5) is 12.0. The highest BCUT2D eigenvalue weighted by Crippen LogP contribution is 2.36. The molecule has 0 spiro atoms. The van der Waals surface area contributed by atoms with Crippen LogP contribution in [0.15, 0.2) is 48.8 Å². The molecule has 0 radical (unpaired) electrons. The van der Waals surface area contributed by atoms with E-state index in [-0.39, 0.29) is 11.8 Å². The lowest BCUT2D eigenvalue weighted by molar-refractivity contribution is -0.116. The third-order valence-electron chi connectivity index (χ3n) is 4.22. The number of benzene rings is 1. The fourth-order valence-corrected chi connectivity index (χ4v) is 3.11. The van der Waals surface area contributed by atoms with Gasteiger partial charge in [-0.05, 0) is 11.6 Å². The number of amides is 1. The third-order valence-corrected chi connectivity index (χ3v) is 4.22. The zero-order valence-electron chi connectivity index (χ0n) is 12.8. The van der Waals surface area contributed by atoms with Crippen LogP contribution in [0.3, 0.4) is 0 Å². The van der Waals surface area contributed by atoms with Crippen LogP contribution in [-0.4, -0.2) is 25.5 Å². The second kappa shape index (κ2) is 5.39. The number of aromatic nitrogens is 4. The molecule has 1 atom stereocenters. The molecule has 1 aromatic carbocycles. The van der Waals surface area contributed by atoms with Gasteiger partial charge in [0.25, 0.3) is 0 Å². The van der Waals surface area contributed by atoms with Crippen molar-refractivity contribution in [1.29, 1.82) is 0 Å². The standard InChI is InChI=1S/C17H17N5O/c1-21-15(7-8-18-21)13-9-16(23)19-17-14(13)11-22(20-17)10-12-5-3-2-4-6-12/h2-8,11,13H,9-10H2,1H3,(H,19,20,23). The second-order valence-corrected chi connectivity index (χ2v) is 5.80. The summed E-state index contributed by atoms with van der Waals surface area (Å²) >= 11 is 0. The second-order valence-electron chi connectivity index (χ2n) is 5.80. The van der Waals surface area contributed by atoms with Gasteiger partial charge in [-0.2, -0.15) is 10.2 Å². The Bertz CT molecular complexity index is 849. The molecule has 6 heteroatoms. The normalized spacial score (nSPS) is 16.9. The van der Waals surface area contributed by atoms with Crippen molar-refractivity contribution in [2.75, 3.05) is 5.32 Å². The molecular weight excluding hydrogens is 290 g/mol. The van der Waals surface area contributed by atoms with Gasteiger partial charge in [0, 0.05) is 43.0 Å². The molecule has 0 aliphatic carbocycles. The van der Waals surface area contributed by atoms with E-state index in [9.17, 15) is 4.79 Å². The van der Waals surface area contributed by atoms with Crippen LogP contribution in [0.4, 0.5) is 5.82 Å². The fraction of sp³-hybridized carbons (Fsp3) is 0.235. The highest BCUT2D eigenvalue weighted by atomic mass is 16.1. The number of rotatable bonds is 3. The van der Waals surface area contributed by atoms with Crippen molar-refractivity contribution in [3.8, 4) is 0 Å². The van der Waals surface area contributed by atoms with Crippen LogP contribution in [0, 0.1) is 0 Å². The van der Waals surface area contributed by atoms with Gasteiger partial charge in [-0.15, -0.1) is 0 Å². The first-order valence-corrected chi connectivity index (χ1v) is 7.60. The molecule has 6 nitrogen and oxygen atoms in total. The van der Waals surface area contributed by atoms with Crippen molar-refractivity contribution in [3.05, 3.63) is 65.6 Å². The van der Waals surface area contributed by atoms with Gasteiger partial charge in [-0.1, -0.05) is 30.3 Å². The van der Waals surface area contributed by atoms with Gasteiger partial charge in [0.15, 0.2) is 5.82 Å². The highest BCUT2D eigenvalue weighted by molar-refractivity contribution is 5.94. The summed E-state index contributed by atoms with van der Waals surface area (Å²) in [7, 11) is 1.90.